The van der Waals surface area contributed by atoms with Crippen LogP contribution in [0.3, 0.4) is 0 Å². The fraction of sp³-hybridized carbons (Fsp3) is 0.233. The van der Waals surface area contributed by atoms with Crippen molar-refractivity contribution in [3.8, 4) is 11.8 Å². The van der Waals surface area contributed by atoms with Crippen LogP contribution in [-0.2, 0) is 17.8 Å². The lowest BCUT2D eigenvalue weighted by Crippen LogP contribution is -2.13. The van der Waals surface area contributed by atoms with Gasteiger partial charge in [0.1, 0.15) is 12.4 Å². The number of rotatable bonds is 11. The summed E-state index contributed by atoms with van der Waals surface area (Å²) in [6, 6.07) is 27.4. The van der Waals surface area contributed by atoms with E-state index < -0.39 is 11.9 Å². The number of carbonyl (C=O) groups is 1. The average molecular weight is 531 g/mol. The highest BCUT2D eigenvalue weighted by atomic mass is 35.5. The van der Waals surface area contributed by atoms with E-state index in [0.29, 0.717) is 22.9 Å². The van der Waals surface area contributed by atoms with Gasteiger partial charge in [-0.15, -0.1) is 0 Å². The minimum Gasteiger partial charge on any atom is -0.487 e. The number of hydrogen-bond donors (Lipinski definition) is 1. The van der Waals surface area contributed by atoms with Crippen LogP contribution in [0.25, 0.3) is 10.9 Å². The summed E-state index contributed by atoms with van der Waals surface area (Å²) in [5, 5.41) is 20.5. The number of carboxylic acid groups (broad SMARTS) is 1. The van der Waals surface area contributed by atoms with Crippen LogP contribution in [-0.4, -0.2) is 21.8 Å². The Morgan fingerprint density at radius 1 is 1.11 bits per heavy atom. The number of nitrogens with zero attached hydrogens (tertiary/aromatic N) is 2. The standard InChI is InChI=1S/C30H27ClN2O3S/c1-20(30(34)35)19-37-29(14-11-21-5-2-3-6-24(21)17-32)23-7-4-8-27(15-23)36-18-26-13-10-22-9-12-25(31)16-28(22)33-26/h2-10,12-13,15-16,20,29H,11,14,18-19H2,1H3,(H,34,35). The number of ether oxygens (including phenoxy) is 1. The first-order valence-electron chi connectivity index (χ1n) is 12.0. The third kappa shape index (κ3) is 7.25. The van der Waals surface area contributed by atoms with Crippen LogP contribution in [0.1, 0.15) is 41.0 Å². The molecule has 0 aliphatic rings. The van der Waals surface area contributed by atoms with Gasteiger partial charge >= 0.3 is 5.97 Å². The number of nitriles is 1. The quantitative estimate of drug-likeness (QED) is 0.216. The van der Waals surface area contributed by atoms with E-state index in [1.165, 1.54) is 0 Å². The van der Waals surface area contributed by atoms with E-state index >= 15 is 0 Å². The highest BCUT2D eigenvalue weighted by Crippen LogP contribution is 2.36. The summed E-state index contributed by atoms with van der Waals surface area (Å²) < 4.78 is 6.08. The van der Waals surface area contributed by atoms with Crippen molar-refractivity contribution in [2.45, 2.75) is 31.6 Å². The molecule has 0 saturated carbocycles. The van der Waals surface area contributed by atoms with Crippen molar-refractivity contribution in [3.63, 3.8) is 0 Å². The Balaban J connectivity index is 1.49. The van der Waals surface area contributed by atoms with Crippen LogP contribution in [0.15, 0.2) is 78.9 Å². The van der Waals surface area contributed by atoms with E-state index in [4.69, 9.17) is 16.3 Å². The molecule has 2 atom stereocenters. The van der Waals surface area contributed by atoms with Crippen LogP contribution in [0.5, 0.6) is 5.75 Å². The Morgan fingerprint density at radius 3 is 2.73 bits per heavy atom. The van der Waals surface area contributed by atoms with E-state index in [0.717, 1.165) is 46.3 Å². The third-order valence-corrected chi connectivity index (χ3v) is 7.95. The summed E-state index contributed by atoms with van der Waals surface area (Å²) >= 11 is 7.74. The van der Waals surface area contributed by atoms with Crippen molar-refractivity contribution in [2.75, 3.05) is 5.75 Å². The molecule has 0 fully saturated rings. The van der Waals surface area contributed by atoms with Crippen LogP contribution < -0.4 is 4.74 Å². The molecule has 1 heterocycles. The molecular weight excluding hydrogens is 504 g/mol. The maximum absolute atomic E-state index is 11.4. The summed E-state index contributed by atoms with van der Waals surface area (Å²) in [5.74, 6) is -0.0397. The highest BCUT2D eigenvalue weighted by molar-refractivity contribution is 7.99. The van der Waals surface area contributed by atoms with E-state index in [1.807, 2.05) is 78.9 Å². The molecule has 3 aromatic carbocycles. The number of hydrogen-bond acceptors (Lipinski definition) is 5. The zero-order chi connectivity index (χ0) is 26.2. The Labute approximate surface area is 226 Å². The van der Waals surface area contributed by atoms with Crippen molar-refractivity contribution in [1.29, 1.82) is 5.26 Å². The van der Waals surface area contributed by atoms with Crippen LogP contribution in [0, 0.1) is 17.2 Å². The summed E-state index contributed by atoms with van der Waals surface area (Å²) in [5.41, 5.74) is 4.36. The molecule has 0 aliphatic carbocycles. The van der Waals surface area contributed by atoms with Crippen molar-refractivity contribution in [2.24, 2.45) is 5.92 Å². The van der Waals surface area contributed by atoms with Gasteiger partial charge in [-0.25, -0.2) is 4.98 Å². The molecule has 0 saturated heterocycles. The lowest BCUT2D eigenvalue weighted by Gasteiger charge is -2.20. The SMILES string of the molecule is CC(CSC(CCc1ccccc1C#N)c1cccc(OCc2ccc3ccc(Cl)cc3n2)c1)C(=O)O. The first-order chi connectivity index (χ1) is 17.9. The van der Waals surface area contributed by atoms with Gasteiger partial charge in [-0.1, -0.05) is 61.0 Å². The van der Waals surface area contributed by atoms with Crippen LogP contribution in [0.2, 0.25) is 5.02 Å². The Hall–Kier alpha value is -3.53. The number of aromatic nitrogens is 1. The maximum Gasteiger partial charge on any atom is 0.307 e. The monoisotopic (exact) mass is 530 g/mol. The summed E-state index contributed by atoms with van der Waals surface area (Å²) in [6.45, 7) is 2.04. The predicted molar refractivity (Wildman–Crippen MR) is 149 cm³/mol. The third-order valence-electron chi connectivity index (χ3n) is 6.11. The second-order valence-electron chi connectivity index (χ2n) is 8.87. The molecule has 1 N–H and O–H groups in total. The molecule has 4 aromatic rings. The number of aliphatic carboxylic acids is 1. The Bertz CT molecular complexity index is 1440. The van der Waals surface area contributed by atoms with Gasteiger partial charge in [-0.3, -0.25) is 4.79 Å². The molecule has 2 unspecified atom stereocenters. The molecular formula is C30H27ClN2O3S. The van der Waals surface area contributed by atoms with Crippen molar-refractivity contribution >= 4 is 40.2 Å². The lowest BCUT2D eigenvalue weighted by molar-refractivity contribution is -0.140. The van der Waals surface area contributed by atoms with Gasteiger partial charge in [0.25, 0.3) is 0 Å². The molecule has 0 aliphatic heterocycles. The number of benzene rings is 3. The summed E-state index contributed by atoms with van der Waals surface area (Å²) in [6.07, 6.45) is 1.49. The number of halogens is 1. The number of carboxylic acids is 1. The predicted octanol–water partition coefficient (Wildman–Crippen LogP) is 7.47. The molecule has 0 bridgehead atoms. The average Bonchev–Trinajstić information content (AvgIpc) is 2.91. The van der Waals surface area contributed by atoms with Crippen molar-refractivity contribution in [3.05, 3.63) is 106 Å². The zero-order valence-corrected chi connectivity index (χ0v) is 22.0. The fourth-order valence-corrected chi connectivity index (χ4v) is 5.44. The highest BCUT2D eigenvalue weighted by Gasteiger charge is 2.19. The van der Waals surface area contributed by atoms with Crippen LogP contribution >= 0.6 is 23.4 Å². The molecule has 1 aromatic heterocycles. The zero-order valence-electron chi connectivity index (χ0n) is 20.4. The minimum absolute atomic E-state index is 0.0537. The summed E-state index contributed by atoms with van der Waals surface area (Å²) in [7, 11) is 0. The van der Waals surface area contributed by atoms with Gasteiger partial charge in [-0.2, -0.15) is 17.0 Å². The van der Waals surface area contributed by atoms with Gasteiger partial charge in [0.05, 0.1) is 28.8 Å². The molecule has 7 heteroatoms. The van der Waals surface area contributed by atoms with E-state index in [2.05, 4.69) is 11.1 Å². The minimum atomic E-state index is -0.803. The van der Waals surface area contributed by atoms with Crippen molar-refractivity contribution < 1.29 is 14.6 Å². The first kappa shape index (κ1) is 26.5. The van der Waals surface area contributed by atoms with Crippen LogP contribution in [0.4, 0.5) is 0 Å². The van der Waals surface area contributed by atoms with Gasteiger partial charge < -0.3 is 9.84 Å². The molecule has 5 nitrogen and oxygen atoms in total. The molecule has 0 spiro atoms. The number of aryl methyl sites for hydroxylation is 1. The topological polar surface area (TPSA) is 83.2 Å². The molecule has 0 amide bonds. The molecule has 37 heavy (non-hydrogen) atoms. The number of pyridine rings is 1. The smallest absolute Gasteiger partial charge is 0.307 e. The van der Waals surface area contributed by atoms with Gasteiger partial charge in [-0.05, 0) is 60.4 Å². The van der Waals surface area contributed by atoms with E-state index in [1.54, 1.807) is 18.7 Å². The van der Waals surface area contributed by atoms with Gasteiger partial charge in [0, 0.05) is 21.4 Å². The maximum atomic E-state index is 11.4. The lowest BCUT2D eigenvalue weighted by atomic mass is 10.00. The van der Waals surface area contributed by atoms with Gasteiger partial charge in [0.15, 0.2) is 0 Å². The first-order valence-corrected chi connectivity index (χ1v) is 13.5. The summed E-state index contributed by atoms with van der Waals surface area (Å²) in [4.78, 5) is 16.1. The second-order valence-corrected chi connectivity index (χ2v) is 10.5. The Morgan fingerprint density at radius 2 is 1.92 bits per heavy atom. The molecule has 0 radical (unpaired) electrons. The van der Waals surface area contributed by atoms with Gasteiger partial charge in [0.2, 0.25) is 0 Å². The largest absolute Gasteiger partial charge is 0.487 e. The fourth-order valence-electron chi connectivity index (χ4n) is 3.99. The molecule has 188 valence electrons. The second kappa shape index (κ2) is 12.6. The molecule has 4 rings (SSSR count). The number of fused-ring (bicyclic) bond motifs is 1. The van der Waals surface area contributed by atoms with E-state index in [-0.39, 0.29) is 5.25 Å². The Kier molecular flexibility index (Phi) is 9.05. The number of thioether (sulfide) groups is 1. The van der Waals surface area contributed by atoms with E-state index in [9.17, 15) is 15.2 Å². The van der Waals surface area contributed by atoms with Crippen molar-refractivity contribution in [1.82, 2.24) is 4.98 Å². The normalized spacial score (nSPS) is 12.6.